The first kappa shape index (κ1) is 24.2. The number of hydrogen-bond donors (Lipinski definition) is 3. The number of likely N-dealkylation sites (N-methyl/N-ethyl adjacent to an activating group) is 1. The molecular formula is C26H35ClN4OS. The highest BCUT2D eigenvalue weighted by Crippen LogP contribution is 2.30. The van der Waals surface area contributed by atoms with Gasteiger partial charge in [0.15, 0.2) is 5.11 Å². The number of rotatable bonds is 6. The van der Waals surface area contributed by atoms with Crippen LogP contribution in [0.4, 0.5) is 5.69 Å². The Bertz CT molecular complexity index is 985. The van der Waals surface area contributed by atoms with Crippen LogP contribution in [0.15, 0.2) is 36.4 Å². The summed E-state index contributed by atoms with van der Waals surface area (Å²) in [5, 5.41) is 10.3. The van der Waals surface area contributed by atoms with Crippen LogP contribution < -0.4 is 16.4 Å². The van der Waals surface area contributed by atoms with E-state index >= 15 is 0 Å². The van der Waals surface area contributed by atoms with Crippen LogP contribution in [0.1, 0.15) is 58.3 Å². The number of halogens is 1. The fourth-order valence-electron chi connectivity index (χ4n) is 5.53. The zero-order chi connectivity index (χ0) is 23.4. The van der Waals surface area contributed by atoms with Crippen molar-refractivity contribution in [3.63, 3.8) is 0 Å². The second-order valence-electron chi connectivity index (χ2n) is 9.47. The molecule has 0 bridgehead atoms. The first-order valence-corrected chi connectivity index (χ1v) is 13.1. The van der Waals surface area contributed by atoms with Gasteiger partial charge in [0.2, 0.25) is 5.91 Å². The van der Waals surface area contributed by atoms with Crippen LogP contribution in [0.2, 0.25) is 5.02 Å². The fourth-order valence-corrected chi connectivity index (χ4v) is 5.99. The highest BCUT2D eigenvalue weighted by atomic mass is 35.5. The van der Waals surface area contributed by atoms with Gasteiger partial charge in [0.25, 0.3) is 0 Å². The summed E-state index contributed by atoms with van der Waals surface area (Å²) in [5.74, 6) is 0.393. The standard InChI is InChI=1S/C26H35ClN4OS/c1-2-31(21-7-3-4-8-21)25(32)24(28)17-10-13-20(14-11-17)29-26(33)30-23-9-5-6-18-16-19(27)12-15-22(18)23/h5-6,9,12,15-17,20-21,24H,2-4,7-8,10-11,13-14,28H2,1H3,(H2,29,30,33). The Morgan fingerprint density at radius 1 is 1.15 bits per heavy atom. The summed E-state index contributed by atoms with van der Waals surface area (Å²) in [5.41, 5.74) is 7.46. The highest BCUT2D eigenvalue weighted by Gasteiger charge is 2.34. The van der Waals surface area contributed by atoms with E-state index in [9.17, 15) is 4.79 Å². The van der Waals surface area contributed by atoms with Gasteiger partial charge in [0.05, 0.1) is 6.04 Å². The van der Waals surface area contributed by atoms with Crippen molar-refractivity contribution in [1.29, 1.82) is 0 Å². The molecule has 0 aliphatic heterocycles. The summed E-state index contributed by atoms with van der Waals surface area (Å²) in [4.78, 5) is 15.1. The molecule has 1 amide bonds. The molecule has 2 aromatic rings. The summed E-state index contributed by atoms with van der Waals surface area (Å²) in [6.45, 7) is 2.83. The highest BCUT2D eigenvalue weighted by molar-refractivity contribution is 7.80. The minimum atomic E-state index is -0.390. The molecular weight excluding hydrogens is 452 g/mol. The summed E-state index contributed by atoms with van der Waals surface area (Å²) in [6, 6.07) is 12.2. The molecule has 2 aromatic carbocycles. The second-order valence-corrected chi connectivity index (χ2v) is 10.3. The van der Waals surface area contributed by atoms with Crippen LogP contribution in [0.3, 0.4) is 0 Å². The molecule has 5 nitrogen and oxygen atoms in total. The lowest BCUT2D eigenvalue weighted by molar-refractivity contribution is -0.136. The van der Waals surface area contributed by atoms with Crippen LogP contribution in [0, 0.1) is 5.92 Å². The van der Waals surface area contributed by atoms with Gasteiger partial charge in [-0.2, -0.15) is 0 Å². The molecule has 178 valence electrons. The number of fused-ring (bicyclic) bond motifs is 1. The van der Waals surface area contributed by atoms with Gasteiger partial charge >= 0.3 is 0 Å². The molecule has 4 N–H and O–H groups in total. The smallest absolute Gasteiger partial charge is 0.240 e. The van der Waals surface area contributed by atoms with E-state index in [-0.39, 0.29) is 17.9 Å². The number of nitrogens with zero attached hydrogens (tertiary/aromatic N) is 1. The lowest BCUT2D eigenvalue weighted by Gasteiger charge is -2.36. The summed E-state index contributed by atoms with van der Waals surface area (Å²) < 4.78 is 0. The molecule has 2 aliphatic carbocycles. The number of anilines is 1. The monoisotopic (exact) mass is 486 g/mol. The Kier molecular flexibility index (Phi) is 8.10. The lowest BCUT2D eigenvalue weighted by Crippen LogP contribution is -2.52. The van der Waals surface area contributed by atoms with Crippen molar-refractivity contribution < 1.29 is 4.79 Å². The van der Waals surface area contributed by atoms with Crippen molar-refractivity contribution in [2.24, 2.45) is 11.7 Å². The number of hydrogen-bond acceptors (Lipinski definition) is 3. The summed E-state index contributed by atoms with van der Waals surface area (Å²) in [7, 11) is 0. The molecule has 4 rings (SSSR count). The first-order valence-electron chi connectivity index (χ1n) is 12.3. The van der Waals surface area contributed by atoms with E-state index in [0.717, 1.165) is 66.6 Å². The Labute approximate surface area is 207 Å². The Hall–Kier alpha value is -1.89. The van der Waals surface area contributed by atoms with E-state index in [0.29, 0.717) is 17.2 Å². The van der Waals surface area contributed by atoms with Gasteiger partial charge in [-0.25, -0.2) is 0 Å². The third kappa shape index (κ3) is 5.79. The molecule has 7 heteroatoms. The molecule has 1 atom stereocenters. The van der Waals surface area contributed by atoms with Crippen LogP contribution in [-0.2, 0) is 4.79 Å². The Morgan fingerprint density at radius 2 is 1.88 bits per heavy atom. The maximum absolute atomic E-state index is 13.1. The van der Waals surface area contributed by atoms with Crippen LogP contribution in [-0.4, -0.2) is 40.6 Å². The van der Waals surface area contributed by atoms with Gasteiger partial charge < -0.3 is 21.3 Å². The van der Waals surface area contributed by atoms with Gasteiger partial charge in [-0.1, -0.05) is 42.6 Å². The third-order valence-electron chi connectivity index (χ3n) is 7.38. The molecule has 0 spiro atoms. The number of carbonyl (C=O) groups is 1. The second kappa shape index (κ2) is 11.0. The van der Waals surface area contributed by atoms with Gasteiger partial charge in [0.1, 0.15) is 0 Å². The molecule has 0 heterocycles. The van der Waals surface area contributed by atoms with E-state index in [4.69, 9.17) is 29.6 Å². The molecule has 1 unspecified atom stereocenters. The van der Waals surface area contributed by atoms with Crippen LogP contribution in [0.25, 0.3) is 10.8 Å². The average Bonchev–Trinajstić information content (AvgIpc) is 3.34. The maximum atomic E-state index is 13.1. The van der Waals surface area contributed by atoms with E-state index < -0.39 is 0 Å². The van der Waals surface area contributed by atoms with Crippen molar-refractivity contribution >= 4 is 51.3 Å². The molecule has 33 heavy (non-hydrogen) atoms. The number of amides is 1. The molecule has 2 saturated carbocycles. The number of carbonyl (C=O) groups excluding carboxylic acids is 1. The average molecular weight is 487 g/mol. The van der Waals surface area contributed by atoms with Gasteiger partial charge in [-0.3, -0.25) is 4.79 Å². The van der Waals surface area contributed by atoms with Crippen molar-refractivity contribution in [3.05, 3.63) is 41.4 Å². The molecule has 0 aromatic heterocycles. The largest absolute Gasteiger partial charge is 0.360 e. The molecule has 2 aliphatic rings. The number of thiocarbonyl (C=S) groups is 1. The SMILES string of the molecule is CCN(C(=O)C(N)C1CCC(NC(=S)Nc2cccc3cc(Cl)ccc23)CC1)C1CCCC1. The normalized spacial score (nSPS) is 22.2. The number of nitrogens with two attached hydrogens (primary N) is 1. The Balaban J connectivity index is 1.28. The zero-order valence-corrected chi connectivity index (χ0v) is 20.9. The first-order chi connectivity index (χ1) is 16.0. The Morgan fingerprint density at radius 3 is 2.58 bits per heavy atom. The molecule has 0 radical (unpaired) electrons. The predicted octanol–water partition coefficient (Wildman–Crippen LogP) is 5.46. The fraction of sp³-hybridized carbons (Fsp3) is 0.538. The van der Waals surface area contributed by atoms with E-state index in [1.807, 2.05) is 41.3 Å². The zero-order valence-electron chi connectivity index (χ0n) is 19.4. The maximum Gasteiger partial charge on any atom is 0.240 e. The summed E-state index contributed by atoms with van der Waals surface area (Å²) >= 11 is 11.7. The lowest BCUT2D eigenvalue weighted by atomic mass is 9.81. The van der Waals surface area contributed by atoms with E-state index in [1.165, 1.54) is 12.8 Å². The minimum Gasteiger partial charge on any atom is -0.360 e. The van der Waals surface area contributed by atoms with Crippen molar-refractivity contribution in [1.82, 2.24) is 10.2 Å². The summed E-state index contributed by atoms with van der Waals surface area (Å²) in [6.07, 6.45) is 8.52. The number of nitrogens with one attached hydrogen (secondary N) is 2. The topological polar surface area (TPSA) is 70.4 Å². The third-order valence-corrected chi connectivity index (χ3v) is 7.83. The van der Waals surface area contributed by atoms with E-state index in [1.54, 1.807) is 0 Å². The van der Waals surface area contributed by atoms with Gasteiger partial charge in [0, 0.05) is 34.7 Å². The molecule has 2 fully saturated rings. The number of benzene rings is 2. The van der Waals surface area contributed by atoms with Crippen LogP contribution in [0.5, 0.6) is 0 Å². The van der Waals surface area contributed by atoms with Crippen molar-refractivity contribution in [2.75, 3.05) is 11.9 Å². The van der Waals surface area contributed by atoms with Crippen molar-refractivity contribution in [2.45, 2.75) is 76.4 Å². The van der Waals surface area contributed by atoms with Gasteiger partial charge in [-0.15, -0.1) is 0 Å². The van der Waals surface area contributed by atoms with E-state index in [2.05, 4.69) is 17.6 Å². The van der Waals surface area contributed by atoms with Crippen LogP contribution >= 0.6 is 23.8 Å². The predicted molar refractivity (Wildman–Crippen MR) is 142 cm³/mol. The van der Waals surface area contributed by atoms with Crippen molar-refractivity contribution in [3.8, 4) is 0 Å². The van der Waals surface area contributed by atoms with Gasteiger partial charge in [-0.05, 0) is 87.2 Å². The molecule has 0 saturated heterocycles. The minimum absolute atomic E-state index is 0.147. The quantitative estimate of drug-likeness (QED) is 0.473.